The molecule has 0 saturated carbocycles. The van der Waals surface area contributed by atoms with Gasteiger partial charge in [-0.1, -0.05) is 55.6 Å². The molecular formula is C15H14. The van der Waals surface area contributed by atoms with Crippen LogP contribution in [0.4, 0.5) is 0 Å². The lowest BCUT2D eigenvalue weighted by atomic mass is 9.96. The Bertz CT molecular complexity index is 533. The molecule has 0 heteroatoms. The minimum atomic E-state index is 1.17. The van der Waals surface area contributed by atoms with Gasteiger partial charge in [-0.2, -0.15) is 0 Å². The third-order valence-corrected chi connectivity index (χ3v) is 2.76. The summed E-state index contributed by atoms with van der Waals surface area (Å²) in [4.78, 5) is 0. The van der Waals surface area contributed by atoms with Crippen LogP contribution in [0.25, 0.3) is 22.9 Å². The van der Waals surface area contributed by atoms with Gasteiger partial charge in [0.05, 0.1) is 0 Å². The zero-order valence-electron chi connectivity index (χ0n) is 8.96. The molecule has 0 aromatic heterocycles. The van der Waals surface area contributed by atoms with E-state index in [2.05, 4.69) is 50.4 Å². The molecule has 0 unspecified atom stereocenters. The molecule has 0 atom stereocenters. The van der Waals surface area contributed by atoms with Crippen molar-refractivity contribution < 1.29 is 0 Å². The average Bonchev–Trinajstić information content (AvgIpc) is 2.28. The van der Waals surface area contributed by atoms with E-state index in [1.807, 2.05) is 12.2 Å². The molecular weight excluding hydrogens is 180 g/mol. The molecule has 0 bridgehead atoms. The molecule has 0 radical (unpaired) electrons. The lowest BCUT2D eigenvalue weighted by molar-refractivity contribution is 1.48. The summed E-state index contributed by atoms with van der Waals surface area (Å²) in [5, 5.41) is 2.50. The van der Waals surface area contributed by atoms with Gasteiger partial charge in [0.25, 0.3) is 0 Å². The Morgan fingerprint density at radius 1 is 1.00 bits per heavy atom. The largest absolute Gasteiger partial charge is 0.0984 e. The van der Waals surface area contributed by atoms with Gasteiger partial charge in [0.2, 0.25) is 0 Å². The van der Waals surface area contributed by atoms with Crippen molar-refractivity contribution in [2.45, 2.75) is 6.92 Å². The van der Waals surface area contributed by atoms with Crippen LogP contribution < -0.4 is 0 Å². The highest BCUT2D eigenvalue weighted by atomic mass is 14.1. The summed E-state index contributed by atoms with van der Waals surface area (Å²) in [6.07, 6.45) is 3.82. The Labute approximate surface area is 90.6 Å². The summed E-state index contributed by atoms with van der Waals surface area (Å²) in [6, 6.07) is 10.5. The van der Waals surface area contributed by atoms with E-state index in [1.54, 1.807) is 0 Å². The van der Waals surface area contributed by atoms with Gasteiger partial charge >= 0.3 is 0 Å². The van der Waals surface area contributed by atoms with Crippen LogP contribution in [0, 0.1) is 6.92 Å². The van der Waals surface area contributed by atoms with Crippen LogP contribution in [0.3, 0.4) is 0 Å². The van der Waals surface area contributed by atoms with Crippen LogP contribution in [0.15, 0.2) is 43.5 Å². The molecule has 0 spiro atoms. The zero-order valence-corrected chi connectivity index (χ0v) is 8.96. The molecule has 0 heterocycles. The van der Waals surface area contributed by atoms with Crippen LogP contribution >= 0.6 is 0 Å². The van der Waals surface area contributed by atoms with Crippen molar-refractivity contribution >= 4 is 22.9 Å². The summed E-state index contributed by atoms with van der Waals surface area (Å²) in [5.41, 5.74) is 3.64. The summed E-state index contributed by atoms with van der Waals surface area (Å²) >= 11 is 0. The third-order valence-electron chi connectivity index (χ3n) is 2.76. The van der Waals surface area contributed by atoms with Crippen molar-refractivity contribution in [1.29, 1.82) is 0 Å². The molecule has 74 valence electrons. The maximum Gasteiger partial charge on any atom is -0.00366 e. The van der Waals surface area contributed by atoms with Gasteiger partial charge in [0.15, 0.2) is 0 Å². The topological polar surface area (TPSA) is 0 Å². The molecule has 0 aliphatic heterocycles. The summed E-state index contributed by atoms with van der Waals surface area (Å²) in [7, 11) is 0. The number of aryl methyl sites for hydroxylation is 1. The Morgan fingerprint density at radius 2 is 1.80 bits per heavy atom. The van der Waals surface area contributed by atoms with E-state index in [0.717, 1.165) is 0 Å². The summed E-state index contributed by atoms with van der Waals surface area (Å²) in [6.45, 7) is 9.84. The first-order valence-electron chi connectivity index (χ1n) is 5.05. The Balaban J connectivity index is 2.99. The van der Waals surface area contributed by atoms with Gasteiger partial charge in [-0.15, -0.1) is 0 Å². The number of hydrogen-bond acceptors (Lipinski definition) is 0. The minimum Gasteiger partial charge on any atom is -0.0984 e. The SMILES string of the molecule is C=Cc1cccc2ccc(C)c(C=C)c12. The summed E-state index contributed by atoms with van der Waals surface area (Å²) in [5.74, 6) is 0. The highest BCUT2D eigenvalue weighted by molar-refractivity contribution is 5.97. The average molecular weight is 194 g/mol. The Hall–Kier alpha value is -1.82. The van der Waals surface area contributed by atoms with Crippen molar-refractivity contribution in [2.75, 3.05) is 0 Å². The Kier molecular flexibility index (Phi) is 2.42. The van der Waals surface area contributed by atoms with Gasteiger partial charge in [-0.25, -0.2) is 0 Å². The third kappa shape index (κ3) is 1.48. The van der Waals surface area contributed by atoms with Gasteiger partial charge in [-0.3, -0.25) is 0 Å². The lowest BCUT2D eigenvalue weighted by Crippen LogP contribution is -1.86. The summed E-state index contributed by atoms with van der Waals surface area (Å²) < 4.78 is 0. The molecule has 0 saturated heterocycles. The highest BCUT2D eigenvalue weighted by Gasteiger charge is 2.04. The van der Waals surface area contributed by atoms with Crippen LogP contribution in [0.1, 0.15) is 16.7 Å². The van der Waals surface area contributed by atoms with Crippen LogP contribution in [0.2, 0.25) is 0 Å². The molecule has 0 fully saturated rings. The monoisotopic (exact) mass is 194 g/mol. The van der Waals surface area contributed by atoms with E-state index in [9.17, 15) is 0 Å². The second-order valence-corrected chi connectivity index (χ2v) is 3.65. The number of hydrogen-bond donors (Lipinski definition) is 0. The first-order chi connectivity index (χ1) is 7.27. The fourth-order valence-corrected chi connectivity index (χ4v) is 1.97. The fourth-order valence-electron chi connectivity index (χ4n) is 1.97. The first kappa shape index (κ1) is 9.72. The van der Waals surface area contributed by atoms with E-state index >= 15 is 0 Å². The van der Waals surface area contributed by atoms with Gasteiger partial charge < -0.3 is 0 Å². The highest BCUT2D eigenvalue weighted by Crippen LogP contribution is 2.27. The van der Waals surface area contributed by atoms with Crippen LogP contribution in [-0.2, 0) is 0 Å². The smallest absolute Gasteiger partial charge is 0.00366 e. The van der Waals surface area contributed by atoms with Gasteiger partial charge in [0.1, 0.15) is 0 Å². The molecule has 2 aromatic rings. The molecule has 0 aliphatic rings. The van der Waals surface area contributed by atoms with Crippen molar-refractivity contribution in [3.05, 3.63) is 60.2 Å². The molecule has 0 nitrogen and oxygen atoms in total. The van der Waals surface area contributed by atoms with Crippen molar-refractivity contribution in [3.8, 4) is 0 Å². The Morgan fingerprint density at radius 3 is 2.47 bits per heavy atom. The van der Waals surface area contributed by atoms with Crippen molar-refractivity contribution in [3.63, 3.8) is 0 Å². The molecule has 2 rings (SSSR count). The normalized spacial score (nSPS) is 10.2. The van der Waals surface area contributed by atoms with Crippen molar-refractivity contribution in [1.82, 2.24) is 0 Å². The van der Waals surface area contributed by atoms with Gasteiger partial charge in [0, 0.05) is 0 Å². The number of benzene rings is 2. The number of rotatable bonds is 2. The van der Waals surface area contributed by atoms with E-state index in [4.69, 9.17) is 0 Å². The molecule has 0 aliphatic carbocycles. The first-order valence-corrected chi connectivity index (χ1v) is 5.05. The van der Waals surface area contributed by atoms with Crippen molar-refractivity contribution in [2.24, 2.45) is 0 Å². The standard InChI is InChI=1S/C15H14/c1-4-12-7-6-8-13-10-9-11(3)14(5-2)15(12)13/h4-10H,1-2H2,3H3. The van der Waals surface area contributed by atoms with Gasteiger partial charge in [-0.05, 0) is 34.4 Å². The predicted molar refractivity (Wildman–Crippen MR) is 68.9 cm³/mol. The number of fused-ring (bicyclic) bond motifs is 1. The van der Waals surface area contributed by atoms with E-state index in [1.165, 1.54) is 27.5 Å². The molecule has 15 heavy (non-hydrogen) atoms. The van der Waals surface area contributed by atoms with Crippen LogP contribution in [0.5, 0.6) is 0 Å². The van der Waals surface area contributed by atoms with E-state index in [0.29, 0.717) is 0 Å². The van der Waals surface area contributed by atoms with E-state index in [-0.39, 0.29) is 0 Å². The molecule has 2 aromatic carbocycles. The fraction of sp³-hybridized carbons (Fsp3) is 0.0667. The van der Waals surface area contributed by atoms with E-state index < -0.39 is 0 Å². The predicted octanol–water partition coefficient (Wildman–Crippen LogP) is 4.43. The lowest BCUT2D eigenvalue weighted by Gasteiger charge is -2.09. The second kappa shape index (κ2) is 3.74. The second-order valence-electron chi connectivity index (χ2n) is 3.65. The molecule has 0 amide bonds. The zero-order chi connectivity index (χ0) is 10.8. The molecule has 0 N–H and O–H groups in total. The minimum absolute atomic E-state index is 1.17. The quantitative estimate of drug-likeness (QED) is 0.663. The van der Waals surface area contributed by atoms with Crippen LogP contribution in [-0.4, -0.2) is 0 Å². The maximum atomic E-state index is 3.88. The maximum absolute atomic E-state index is 3.88.